The summed E-state index contributed by atoms with van der Waals surface area (Å²) in [5.74, 6) is 1.58. The highest BCUT2D eigenvalue weighted by molar-refractivity contribution is 5.91. The van der Waals surface area contributed by atoms with Crippen LogP contribution in [0, 0.1) is 0 Å². The standard InChI is InChI=1S/C22H21N3O4/c1-26-18-11-15(12-19(27-2)21(18)28-3)24-22-25-17-9-5-8-16(20(17)29-22)13-6-4-7-14(23)10-13/h4-12H,23H2,1-3H3,(H,24,25). The third-order valence-electron chi connectivity index (χ3n) is 4.53. The number of nitrogens with zero attached hydrogens (tertiary/aromatic N) is 1. The van der Waals surface area contributed by atoms with Gasteiger partial charge < -0.3 is 29.7 Å². The number of oxazole rings is 1. The molecular formula is C22H21N3O4. The second-order valence-corrected chi connectivity index (χ2v) is 6.34. The second kappa shape index (κ2) is 7.63. The minimum absolute atomic E-state index is 0.352. The third-order valence-corrected chi connectivity index (χ3v) is 4.53. The number of aromatic nitrogens is 1. The van der Waals surface area contributed by atoms with Gasteiger partial charge >= 0.3 is 0 Å². The van der Waals surface area contributed by atoms with E-state index in [1.165, 1.54) is 0 Å². The van der Waals surface area contributed by atoms with Crippen molar-refractivity contribution in [3.8, 4) is 28.4 Å². The zero-order valence-corrected chi connectivity index (χ0v) is 16.4. The van der Waals surface area contributed by atoms with Crippen molar-refractivity contribution in [2.45, 2.75) is 0 Å². The SMILES string of the molecule is COc1cc(Nc2nc3cccc(-c4cccc(N)c4)c3o2)cc(OC)c1OC. The van der Waals surface area contributed by atoms with Gasteiger partial charge in [0.1, 0.15) is 5.52 Å². The Hall–Kier alpha value is -3.87. The highest BCUT2D eigenvalue weighted by atomic mass is 16.5. The fraction of sp³-hybridized carbons (Fsp3) is 0.136. The average molecular weight is 391 g/mol. The van der Waals surface area contributed by atoms with Crippen LogP contribution in [-0.4, -0.2) is 26.3 Å². The molecule has 0 radical (unpaired) electrons. The van der Waals surface area contributed by atoms with E-state index >= 15 is 0 Å². The van der Waals surface area contributed by atoms with E-state index in [1.807, 2.05) is 42.5 Å². The van der Waals surface area contributed by atoms with Crippen molar-refractivity contribution in [2.75, 3.05) is 32.4 Å². The molecule has 3 aromatic carbocycles. The van der Waals surface area contributed by atoms with Crippen LogP contribution in [0.25, 0.3) is 22.2 Å². The molecule has 1 aromatic heterocycles. The molecule has 0 amide bonds. The lowest BCUT2D eigenvalue weighted by molar-refractivity contribution is 0.324. The van der Waals surface area contributed by atoms with E-state index in [2.05, 4.69) is 10.3 Å². The van der Waals surface area contributed by atoms with Crippen molar-refractivity contribution in [2.24, 2.45) is 0 Å². The Labute approximate surface area is 168 Å². The highest BCUT2D eigenvalue weighted by Gasteiger charge is 2.16. The minimum atomic E-state index is 0.352. The number of para-hydroxylation sites is 1. The number of hydrogen-bond acceptors (Lipinski definition) is 7. The summed E-state index contributed by atoms with van der Waals surface area (Å²) >= 11 is 0. The van der Waals surface area contributed by atoms with E-state index in [1.54, 1.807) is 33.5 Å². The molecule has 0 aliphatic rings. The number of nitrogen functional groups attached to an aromatic ring is 1. The predicted octanol–water partition coefficient (Wildman–Crippen LogP) is 4.85. The molecule has 3 N–H and O–H groups in total. The van der Waals surface area contributed by atoms with E-state index in [0.717, 1.165) is 16.6 Å². The van der Waals surface area contributed by atoms with Crippen LogP contribution < -0.4 is 25.3 Å². The number of benzene rings is 3. The molecule has 7 nitrogen and oxygen atoms in total. The number of nitrogens with two attached hydrogens (primary N) is 1. The predicted molar refractivity (Wildman–Crippen MR) is 113 cm³/mol. The minimum Gasteiger partial charge on any atom is -0.493 e. The van der Waals surface area contributed by atoms with Crippen molar-refractivity contribution >= 4 is 28.5 Å². The van der Waals surface area contributed by atoms with Gasteiger partial charge in [-0.05, 0) is 23.8 Å². The summed E-state index contributed by atoms with van der Waals surface area (Å²) in [4.78, 5) is 4.55. The van der Waals surface area contributed by atoms with Crippen LogP contribution in [-0.2, 0) is 0 Å². The van der Waals surface area contributed by atoms with Gasteiger partial charge in [-0.25, -0.2) is 0 Å². The lowest BCUT2D eigenvalue weighted by atomic mass is 10.0. The summed E-state index contributed by atoms with van der Waals surface area (Å²) in [5, 5.41) is 3.17. The van der Waals surface area contributed by atoms with Crippen LogP contribution in [0.3, 0.4) is 0 Å². The molecule has 7 heteroatoms. The average Bonchev–Trinajstić information content (AvgIpc) is 3.15. The maximum Gasteiger partial charge on any atom is 0.300 e. The number of hydrogen-bond donors (Lipinski definition) is 2. The van der Waals surface area contributed by atoms with Crippen LogP contribution >= 0.6 is 0 Å². The quantitative estimate of drug-likeness (QED) is 0.454. The van der Waals surface area contributed by atoms with Gasteiger partial charge in [-0.15, -0.1) is 0 Å². The van der Waals surface area contributed by atoms with Crippen LogP contribution in [0.1, 0.15) is 0 Å². The van der Waals surface area contributed by atoms with E-state index < -0.39 is 0 Å². The molecule has 4 aromatic rings. The Balaban J connectivity index is 1.74. The molecule has 148 valence electrons. The second-order valence-electron chi connectivity index (χ2n) is 6.34. The van der Waals surface area contributed by atoms with Gasteiger partial charge in [0.25, 0.3) is 6.01 Å². The molecule has 0 bridgehead atoms. The molecule has 0 fully saturated rings. The first-order valence-corrected chi connectivity index (χ1v) is 8.95. The summed E-state index contributed by atoms with van der Waals surface area (Å²) in [7, 11) is 4.70. The maximum absolute atomic E-state index is 6.03. The summed E-state index contributed by atoms with van der Waals surface area (Å²) in [5.41, 5.74) is 10.6. The monoisotopic (exact) mass is 391 g/mol. The Bertz CT molecular complexity index is 1140. The topological polar surface area (TPSA) is 91.8 Å². The van der Waals surface area contributed by atoms with Crippen molar-refractivity contribution < 1.29 is 18.6 Å². The molecule has 0 aliphatic heterocycles. The molecule has 0 spiro atoms. The van der Waals surface area contributed by atoms with E-state index in [9.17, 15) is 0 Å². The van der Waals surface area contributed by atoms with Crippen molar-refractivity contribution in [1.29, 1.82) is 0 Å². The van der Waals surface area contributed by atoms with Gasteiger partial charge in [0, 0.05) is 29.1 Å². The smallest absolute Gasteiger partial charge is 0.300 e. The molecule has 0 saturated carbocycles. The molecular weight excluding hydrogens is 370 g/mol. The first kappa shape index (κ1) is 18.5. The van der Waals surface area contributed by atoms with E-state index in [-0.39, 0.29) is 0 Å². The summed E-state index contributed by atoms with van der Waals surface area (Å²) < 4.78 is 22.2. The lowest BCUT2D eigenvalue weighted by Crippen LogP contribution is -1.97. The molecule has 0 saturated heterocycles. The number of ether oxygens (including phenoxy) is 3. The molecule has 1 heterocycles. The van der Waals surface area contributed by atoms with Crippen molar-refractivity contribution in [1.82, 2.24) is 4.98 Å². The van der Waals surface area contributed by atoms with Crippen LogP contribution in [0.4, 0.5) is 17.4 Å². The number of methoxy groups -OCH3 is 3. The van der Waals surface area contributed by atoms with Gasteiger partial charge in [0.2, 0.25) is 5.75 Å². The van der Waals surface area contributed by atoms with Crippen molar-refractivity contribution in [3.05, 3.63) is 54.6 Å². The number of fused-ring (bicyclic) bond motifs is 1. The number of rotatable bonds is 6. The first-order valence-electron chi connectivity index (χ1n) is 8.95. The Morgan fingerprint density at radius 2 is 1.62 bits per heavy atom. The number of nitrogens with one attached hydrogen (secondary N) is 1. The third kappa shape index (κ3) is 3.50. The highest BCUT2D eigenvalue weighted by Crippen LogP contribution is 2.41. The van der Waals surface area contributed by atoms with Crippen LogP contribution in [0.5, 0.6) is 17.2 Å². The fourth-order valence-electron chi connectivity index (χ4n) is 3.21. The lowest BCUT2D eigenvalue weighted by Gasteiger charge is -2.14. The summed E-state index contributed by atoms with van der Waals surface area (Å²) in [6.45, 7) is 0. The fourth-order valence-corrected chi connectivity index (χ4v) is 3.21. The maximum atomic E-state index is 6.03. The van der Waals surface area contributed by atoms with Crippen LogP contribution in [0.2, 0.25) is 0 Å². The van der Waals surface area contributed by atoms with Gasteiger partial charge in [0.05, 0.1) is 21.3 Å². The van der Waals surface area contributed by atoms with Gasteiger partial charge in [-0.1, -0.05) is 24.3 Å². The zero-order chi connectivity index (χ0) is 20.4. The zero-order valence-electron chi connectivity index (χ0n) is 16.4. The molecule has 29 heavy (non-hydrogen) atoms. The van der Waals surface area contributed by atoms with E-state index in [4.69, 9.17) is 24.4 Å². The Kier molecular flexibility index (Phi) is 4.87. The molecule has 4 rings (SSSR count). The Morgan fingerprint density at radius 3 is 2.28 bits per heavy atom. The summed E-state index contributed by atoms with van der Waals surface area (Å²) in [6, 6.07) is 17.4. The number of anilines is 3. The Morgan fingerprint density at radius 1 is 0.897 bits per heavy atom. The normalized spacial score (nSPS) is 10.7. The van der Waals surface area contributed by atoms with Gasteiger partial charge in [-0.3, -0.25) is 0 Å². The van der Waals surface area contributed by atoms with Gasteiger partial charge in [-0.2, -0.15) is 4.98 Å². The van der Waals surface area contributed by atoms with Crippen molar-refractivity contribution in [3.63, 3.8) is 0 Å². The largest absolute Gasteiger partial charge is 0.493 e. The molecule has 0 atom stereocenters. The first-order chi connectivity index (χ1) is 14.1. The summed E-state index contributed by atoms with van der Waals surface area (Å²) in [6.07, 6.45) is 0. The van der Waals surface area contributed by atoms with Crippen LogP contribution in [0.15, 0.2) is 59.0 Å². The van der Waals surface area contributed by atoms with Gasteiger partial charge in [0.15, 0.2) is 17.1 Å². The molecule has 0 aliphatic carbocycles. The molecule has 0 unspecified atom stereocenters. The van der Waals surface area contributed by atoms with E-state index in [0.29, 0.717) is 40.2 Å².